The van der Waals surface area contributed by atoms with E-state index in [0.717, 1.165) is 40.3 Å². The van der Waals surface area contributed by atoms with Gasteiger partial charge in [0.15, 0.2) is 5.82 Å². The summed E-state index contributed by atoms with van der Waals surface area (Å²) in [6.07, 6.45) is 0.876. The summed E-state index contributed by atoms with van der Waals surface area (Å²) in [5.41, 5.74) is 13.9. The number of benzene rings is 7. The van der Waals surface area contributed by atoms with Crippen LogP contribution in [0.1, 0.15) is 11.1 Å². The Morgan fingerprint density at radius 2 is 1.08 bits per heavy atom. The molecule has 2 heterocycles. The first-order valence-corrected chi connectivity index (χ1v) is 16.5. The summed E-state index contributed by atoms with van der Waals surface area (Å²) in [6, 6.07) is 58.5. The van der Waals surface area contributed by atoms with Gasteiger partial charge in [-0.15, -0.1) is 0 Å². The quantitative estimate of drug-likeness (QED) is 0.198. The van der Waals surface area contributed by atoms with Gasteiger partial charge in [-0.25, -0.2) is 9.97 Å². The van der Waals surface area contributed by atoms with E-state index in [9.17, 15) is 0 Å². The van der Waals surface area contributed by atoms with Crippen molar-refractivity contribution in [3.05, 3.63) is 175 Å². The van der Waals surface area contributed by atoms with Gasteiger partial charge in [-0.2, -0.15) is 0 Å². The maximum Gasteiger partial charge on any atom is 0.160 e. The van der Waals surface area contributed by atoms with Crippen LogP contribution in [0.25, 0.3) is 83.3 Å². The topological polar surface area (TPSA) is 30.7 Å². The first-order chi connectivity index (χ1) is 23.8. The molecule has 0 unspecified atom stereocenters. The Bertz CT molecular complexity index is 2620. The minimum atomic E-state index is 0.743. The molecule has 0 radical (unpaired) electrons. The molecule has 48 heavy (non-hydrogen) atoms. The van der Waals surface area contributed by atoms with E-state index in [1.54, 1.807) is 0 Å². The molecule has 10 rings (SSSR count). The van der Waals surface area contributed by atoms with Crippen molar-refractivity contribution in [2.75, 3.05) is 0 Å². The summed E-state index contributed by atoms with van der Waals surface area (Å²) in [5, 5.41) is 5.16. The third-order valence-corrected chi connectivity index (χ3v) is 9.79. The molecule has 224 valence electrons. The van der Waals surface area contributed by atoms with Crippen molar-refractivity contribution in [2.45, 2.75) is 6.42 Å². The third kappa shape index (κ3) is 4.21. The number of nitrogens with zero attached hydrogens (tertiary/aromatic N) is 3. The zero-order chi connectivity index (χ0) is 31.6. The first-order valence-electron chi connectivity index (χ1n) is 16.5. The average molecular weight is 612 g/mol. The Morgan fingerprint density at radius 3 is 1.81 bits per heavy atom. The second-order valence-corrected chi connectivity index (χ2v) is 12.6. The molecule has 0 amide bonds. The van der Waals surface area contributed by atoms with Crippen LogP contribution in [-0.4, -0.2) is 14.5 Å². The van der Waals surface area contributed by atoms with E-state index in [1.165, 1.54) is 60.5 Å². The van der Waals surface area contributed by atoms with Crippen LogP contribution in [0.2, 0.25) is 0 Å². The predicted octanol–water partition coefficient (Wildman–Crippen LogP) is 11.3. The van der Waals surface area contributed by atoms with Crippen molar-refractivity contribution in [3.63, 3.8) is 0 Å². The molecule has 0 atom stereocenters. The summed E-state index contributed by atoms with van der Waals surface area (Å²) < 4.78 is 2.43. The van der Waals surface area contributed by atoms with Crippen LogP contribution in [0, 0.1) is 0 Å². The predicted molar refractivity (Wildman–Crippen MR) is 198 cm³/mol. The van der Waals surface area contributed by atoms with Crippen molar-refractivity contribution in [1.82, 2.24) is 14.5 Å². The van der Waals surface area contributed by atoms with Crippen molar-refractivity contribution < 1.29 is 0 Å². The molecular formula is C45H29N3. The standard InChI is InChI=1S/C45H29N3/c1-4-13-30(14-5-1)40-28-41(31-15-6-2-7-16-31)47-45(46-40)32-20-22-36-33(24-32)25-34-26-39-43(27-38(34)36)48(35-17-8-3-9-18-35)42-23-21-29-12-10-11-19-37(29)44(39)42/h1-24,26-28H,25H2. The minimum absolute atomic E-state index is 0.743. The third-order valence-electron chi connectivity index (χ3n) is 9.79. The van der Waals surface area contributed by atoms with Crippen LogP contribution < -0.4 is 0 Å². The van der Waals surface area contributed by atoms with E-state index in [2.05, 4.69) is 156 Å². The molecule has 0 aliphatic heterocycles. The van der Waals surface area contributed by atoms with Crippen LogP contribution in [0.4, 0.5) is 0 Å². The molecule has 0 bridgehead atoms. The fourth-order valence-corrected chi connectivity index (χ4v) is 7.57. The van der Waals surface area contributed by atoms with E-state index in [0.29, 0.717) is 0 Å². The Hall–Kier alpha value is -6.32. The molecule has 1 aliphatic carbocycles. The summed E-state index contributed by atoms with van der Waals surface area (Å²) in [4.78, 5) is 10.2. The minimum Gasteiger partial charge on any atom is -0.309 e. The van der Waals surface area contributed by atoms with Gasteiger partial charge in [0.1, 0.15) is 0 Å². The molecule has 3 nitrogen and oxygen atoms in total. The summed E-state index contributed by atoms with van der Waals surface area (Å²) in [6.45, 7) is 0. The number of para-hydroxylation sites is 1. The van der Waals surface area contributed by atoms with Gasteiger partial charge in [0.05, 0.1) is 22.4 Å². The summed E-state index contributed by atoms with van der Waals surface area (Å²) >= 11 is 0. The lowest BCUT2D eigenvalue weighted by molar-refractivity contribution is 1.18. The largest absolute Gasteiger partial charge is 0.309 e. The maximum atomic E-state index is 5.10. The van der Waals surface area contributed by atoms with E-state index >= 15 is 0 Å². The number of fused-ring (bicyclic) bond motifs is 8. The SMILES string of the molecule is c1ccc(-c2cc(-c3ccccc3)nc(-c3ccc4c(c3)Cc3cc5c6c7ccccc7ccc6n(-c6ccccc6)c5cc3-4)n2)cc1. The zero-order valence-electron chi connectivity index (χ0n) is 26.1. The highest BCUT2D eigenvalue weighted by molar-refractivity contribution is 6.22. The average Bonchev–Trinajstić information content (AvgIpc) is 3.69. The molecule has 0 N–H and O–H groups in total. The van der Waals surface area contributed by atoms with Crippen molar-refractivity contribution in [2.24, 2.45) is 0 Å². The number of aromatic nitrogens is 3. The monoisotopic (exact) mass is 611 g/mol. The van der Waals surface area contributed by atoms with Crippen molar-refractivity contribution in [1.29, 1.82) is 0 Å². The van der Waals surface area contributed by atoms with Crippen molar-refractivity contribution in [3.8, 4) is 50.7 Å². The zero-order valence-corrected chi connectivity index (χ0v) is 26.1. The van der Waals surface area contributed by atoms with Gasteiger partial charge in [-0.05, 0) is 81.9 Å². The van der Waals surface area contributed by atoms with Gasteiger partial charge in [-0.3, -0.25) is 0 Å². The highest BCUT2D eigenvalue weighted by Crippen LogP contribution is 2.45. The molecule has 0 fully saturated rings. The molecule has 9 aromatic rings. The van der Waals surface area contributed by atoms with E-state index in [-0.39, 0.29) is 0 Å². The lowest BCUT2D eigenvalue weighted by Gasteiger charge is -2.11. The fraction of sp³-hybridized carbons (Fsp3) is 0.0222. The Kier molecular flexibility index (Phi) is 5.94. The number of rotatable bonds is 4. The molecular weight excluding hydrogens is 583 g/mol. The van der Waals surface area contributed by atoms with Gasteiger partial charge in [0, 0.05) is 33.2 Å². The summed E-state index contributed by atoms with van der Waals surface area (Å²) in [5.74, 6) is 0.743. The van der Waals surface area contributed by atoms with Gasteiger partial charge in [0.2, 0.25) is 0 Å². The Labute approximate surface area is 278 Å². The summed E-state index contributed by atoms with van der Waals surface area (Å²) in [7, 11) is 0. The van der Waals surface area contributed by atoms with Crippen LogP contribution in [0.3, 0.4) is 0 Å². The van der Waals surface area contributed by atoms with Gasteiger partial charge < -0.3 is 4.57 Å². The smallest absolute Gasteiger partial charge is 0.160 e. The maximum absolute atomic E-state index is 5.10. The van der Waals surface area contributed by atoms with E-state index in [1.807, 2.05) is 12.1 Å². The molecule has 0 saturated heterocycles. The first kappa shape index (κ1) is 26.9. The Morgan fingerprint density at radius 1 is 0.438 bits per heavy atom. The number of hydrogen-bond donors (Lipinski definition) is 0. The second-order valence-electron chi connectivity index (χ2n) is 12.6. The van der Waals surface area contributed by atoms with E-state index < -0.39 is 0 Å². The molecule has 1 aliphatic rings. The van der Waals surface area contributed by atoms with Gasteiger partial charge in [0.25, 0.3) is 0 Å². The van der Waals surface area contributed by atoms with Gasteiger partial charge >= 0.3 is 0 Å². The van der Waals surface area contributed by atoms with Crippen LogP contribution in [-0.2, 0) is 6.42 Å². The van der Waals surface area contributed by atoms with Crippen LogP contribution in [0.15, 0.2) is 164 Å². The highest BCUT2D eigenvalue weighted by Gasteiger charge is 2.24. The highest BCUT2D eigenvalue weighted by atomic mass is 15.0. The van der Waals surface area contributed by atoms with Crippen LogP contribution >= 0.6 is 0 Å². The lowest BCUT2D eigenvalue weighted by atomic mass is 10.00. The number of hydrogen-bond acceptors (Lipinski definition) is 2. The lowest BCUT2D eigenvalue weighted by Crippen LogP contribution is -1.96. The Balaban J connectivity index is 1.15. The normalized spacial score (nSPS) is 12.1. The fourth-order valence-electron chi connectivity index (χ4n) is 7.57. The van der Waals surface area contributed by atoms with Crippen LogP contribution in [0.5, 0.6) is 0 Å². The molecule has 2 aromatic heterocycles. The molecule has 0 spiro atoms. The molecule has 7 aromatic carbocycles. The molecule has 3 heteroatoms. The molecule has 0 saturated carbocycles. The van der Waals surface area contributed by atoms with Crippen molar-refractivity contribution >= 4 is 32.6 Å². The second kappa shape index (κ2) is 10.6. The van der Waals surface area contributed by atoms with Gasteiger partial charge in [-0.1, -0.05) is 121 Å². The van der Waals surface area contributed by atoms with E-state index in [4.69, 9.17) is 9.97 Å².